The zero-order chi connectivity index (χ0) is 22.2. The Bertz CT molecular complexity index is 1010. The Kier molecular flexibility index (Phi) is 6.03. The van der Waals surface area contributed by atoms with Crippen LogP contribution < -0.4 is 5.32 Å². The predicted molar refractivity (Wildman–Crippen MR) is 115 cm³/mol. The first kappa shape index (κ1) is 22.0. The van der Waals surface area contributed by atoms with Gasteiger partial charge in [0.1, 0.15) is 10.6 Å². The van der Waals surface area contributed by atoms with Gasteiger partial charge in [0.2, 0.25) is 5.91 Å². The molecule has 0 fully saturated rings. The summed E-state index contributed by atoms with van der Waals surface area (Å²) in [5.41, 5.74) is 2.65. The lowest BCUT2D eigenvalue weighted by atomic mass is 10.0. The van der Waals surface area contributed by atoms with Gasteiger partial charge in [-0.3, -0.25) is 19.1 Å². The van der Waals surface area contributed by atoms with E-state index in [-0.39, 0.29) is 31.2 Å². The van der Waals surface area contributed by atoms with Crippen LogP contribution >= 0.6 is 15.9 Å². The molecule has 160 valence electrons. The lowest BCUT2D eigenvalue weighted by Crippen LogP contribution is -2.52. The average molecular weight is 477 g/mol. The highest BCUT2D eigenvalue weighted by molar-refractivity contribution is 9.10. The molecular weight excluding hydrogens is 452 g/mol. The van der Waals surface area contributed by atoms with E-state index in [9.17, 15) is 14.4 Å². The van der Waals surface area contributed by atoms with Crippen LogP contribution in [0.1, 0.15) is 49.5 Å². The standard InChI is InChI=1S/C21H25BrN4O4/c1-21(2,3)24-19(29)16(7-8-17(27)28)26-11-13-9-12(5-6-14(13)20(26)30)15-10-23-25(4)18(15)22/h5-6,9-10,16H,7-8,11H2,1-4H3,(H,24,29)(H,27,28). The number of fused-ring (bicyclic) bond motifs is 1. The second-order valence-electron chi connectivity index (χ2n) is 8.47. The zero-order valence-electron chi connectivity index (χ0n) is 17.4. The molecule has 9 heteroatoms. The summed E-state index contributed by atoms with van der Waals surface area (Å²) < 4.78 is 2.53. The Balaban J connectivity index is 1.90. The number of rotatable bonds is 6. The fraction of sp³-hybridized carbons (Fsp3) is 0.429. The number of aryl methyl sites for hydroxylation is 1. The smallest absolute Gasteiger partial charge is 0.303 e. The van der Waals surface area contributed by atoms with Crippen LogP contribution in [-0.2, 0) is 23.2 Å². The molecule has 2 amide bonds. The molecule has 1 aliphatic heterocycles. The summed E-state index contributed by atoms with van der Waals surface area (Å²) in [4.78, 5) is 38.5. The third-order valence-corrected chi connectivity index (χ3v) is 5.86. The fourth-order valence-electron chi connectivity index (χ4n) is 3.52. The second kappa shape index (κ2) is 8.22. The number of hydrogen-bond donors (Lipinski definition) is 2. The lowest BCUT2D eigenvalue weighted by Gasteiger charge is -2.30. The van der Waals surface area contributed by atoms with Crippen LogP contribution in [0.5, 0.6) is 0 Å². The summed E-state index contributed by atoms with van der Waals surface area (Å²) in [5.74, 6) is -1.61. The quantitative estimate of drug-likeness (QED) is 0.666. The Morgan fingerprint density at radius 2 is 2.00 bits per heavy atom. The van der Waals surface area contributed by atoms with Crippen molar-refractivity contribution in [1.82, 2.24) is 20.0 Å². The number of carbonyl (C=O) groups is 3. The minimum atomic E-state index is -1.00. The van der Waals surface area contributed by atoms with E-state index in [0.717, 1.165) is 21.3 Å². The monoisotopic (exact) mass is 476 g/mol. The first-order chi connectivity index (χ1) is 14.0. The number of amides is 2. The first-order valence-corrected chi connectivity index (χ1v) is 10.4. The molecule has 30 heavy (non-hydrogen) atoms. The van der Waals surface area contributed by atoms with E-state index in [2.05, 4.69) is 26.3 Å². The molecule has 1 unspecified atom stereocenters. The van der Waals surface area contributed by atoms with Gasteiger partial charge in [0.25, 0.3) is 5.91 Å². The summed E-state index contributed by atoms with van der Waals surface area (Å²) in [5, 5.41) is 16.2. The summed E-state index contributed by atoms with van der Waals surface area (Å²) in [6, 6.07) is 4.67. The fourth-order valence-corrected chi connectivity index (χ4v) is 3.94. The van der Waals surface area contributed by atoms with Gasteiger partial charge in [0.05, 0.1) is 6.20 Å². The van der Waals surface area contributed by atoms with Crippen LogP contribution in [-0.4, -0.2) is 49.2 Å². The SMILES string of the molecule is Cn1ncc(-c2ccc3c(c2)CN(C(CCC(=O)O)C(=O)NC(C)(C)C)C3=O)c1Br. The van der Waals surface area contributed by atoms with Crippen LogP contribution in [0, 0.1) is 0 Å². The molecule has 0 bridgehead atoms. The van der Waals surface area contributed by atoms with E-state index in [4.69, 9.17) is 5.11 Å². The van der Waals surface area contributed by atoms with Gasteiger partial charge in [-0.1, -0.05) is 6.07 Å². The van der Waals surface area contributed by atoms with Crippen LogP contribution in [0.2, 0.25) is 0 Å². The van der Waals surface area contributed by atoms with Crippen molar-refractivity contribution in [3.05, 3.63) is 40.1 Å². The number of carboxylic acids is 1. The van der Waals surface area contributed by atoms with Crippen LogP contribution in [0.25, 0.3) is 11.1 Å². The van der Waals surface area contributed by atoms with Gasteiger partial charge in [-0.05, 0) is 66.4 Å². The van der Waals surface area contributed by atoms with E-state index in [0.29, 0.717) is 5.56 Å². The van der Waals surface area contributed by atoms with Crippen LogP contribution in [0.15, 0.2) is 29.0 Å². The maximum absolute atomic E-state index is 13.0. The molecule has 1 aliphatic rings. The van der Waals surface area contributed by atoms with Crippen molar-refractivity contribution in [2.45, 2.75) is 51.7 Å². The van der Waals surface area contributed by atoms with E-state index in [1.165, 1.54) is 4.90 Å². The summed E-state index contributed by atoms with van der Waals surface area (Å²) in [6.45, 7) is 5.79. The molecule has 0 saturated carbocycles. The molecule has 2 aromatic rings. The maximum Gasteiger partial charge on any atom is 0.303 e. The Hall–Kier alpha value is -2.68. The van der Waals surface area contributed by atoms with Crippen molar-refractivity contribution in [3.8, 4) is 11.1 Å². The topological polar surface area (TPSA) is 105 Å². The minimum Gasteiger partial charge on any atom is -0.481 e. The van der Waals surface area contributed by atoms with Crippen molar-refractivity contribution < 1.29 is 19.5 Å². The zero-order valence-corrected chi connectivity index (χ0v) is 19.0. The van der Waals surface area contributed by atoms with Gasteiger partial charge >= 0.3 is 5.97 Å². The number of hydrogen-bond acceptors (Lipinski definition) is 4. The van der Waals surface area contributed by atoms with Gasteiger partial charge in [-0.25, -0.2) is 0 Å². The number of nitrogens with zero attached hydrogens (tertiary/aromatic N) is 3. The maximum atomic E-state index is 13.0. The number of carbonyl (C=O) groups excluding carboxylic acids is 2. The van der Waals surface area contributed by atoms with Crippen molar-refractivity contribution in [1.29, 1.82) is 0 Å². The van der Waals surface area contributed by atoms with Crippen molar-refractivity contribution in [3.63, 3.8) is 0 Å². The van der Waals surface area contributed by atoms with Gasteiger partial charge in [-0.2, -0.15) is 5.10 Å². The minimum absolute atomic E-state index is 0.0536. The van der Waals surface area contributed by atoms with E-state index in [1.807, 2.05) is 40.0 Å². The largest absolute Gasteiger partial charge is 0.481 e. The summed E-state index contributed by atoms with van der Waals surface area (Å²) in [7, 11) is 1.83. The Labute approximate surface area is 183 Å². The highest BCUT2D eigenvalue weighted by Crippen LogP contribution is 2.33. The first-order valence-electron chi connectivity index (χ1n) is 9.63. The Morgan fingerprint density at radius 1 is 1.30 bits per heavy atom. The number of aromatic nitrogens is 2. The van der Waals surface area contributed by atoms with E-state index in [1.54, 1.807) is 16.9 Å². The van der Waals surface area contributed by atoms with Crippen LogP contribution in [0.4, 0.5) is 0 Å². The molecule has 8 nitrogen and oxygen atoms in total. The molecule has 1 aromatic heterocycles. The number of aliphatic carboxylic acids is 1. The second-order valence-corrected chi connectivity index (χ2v) is 9.22. The van der Waals surface area contributed by atoms with Gasteiger partial charge in [0, 0.05) is 36.7 Å². The van der Waals surface area contributed by atoms with Crippen molar-refractivity contribution >= 4 is 33.7 Å². The molecule has 1 atom stereocenters. The van der Waals surface area contributed by atoms with E-state index < -0.39 is 17.6 Å². The third kappa shape index (κ3) is 4.56. The highest BCUT2D eigenvalue weighted by Gasteiger charge is 2.37. The number of nitrogens with one attached hydrogen (secondary N) is 1. The molecule has 3 rings (SSSR count). The van der Waals surface area contributed by atoms with Crippen molar-refractivity contribution in [2.75, 3.05) is 0 Å². The summed E-state index contributed by atoms with van der Waals surface area (Å²) >= 11 is 3.51. The molecule has 1 aromatic carbocycles. The average Bonchev–Trinajstić information content (AvgIpc) is 3.13. The normalized spacial score (nSPS) is 14.6. The highest BCUT2D eigenvalue weighted by atomic mass is 79.9. The third-order valence-electron chi connectivity index (χ3n) is 4.92. The molecule has 0 spiro atoms. The van der Waals surface area contributed by atoms with Gasteiger partial charge < -0.3 is 15.3 Å². The predicted octanol–water partition coefficient (Wildman–Crippen LogP) is 2.95. The van der Waals surface area contributed by atoms with E-state index >= 15 is 0 Å². The summed E-state index contributed by atoms with van der Waals surface area (Å²) in [6.07, 6.45) is 1.60. The van der Waals surface area contributed by atoms with Crippen LogP contribution in [0.3, 0.4) is 0 Å². The lowest BCUT2D eigenvalue weighted by molar-refractivity contribution is -0.137. The van der Waals surface area contributed by atoms with Gasteiger partial charge in [0.15, 0.2) is 0 Å². The number of carboxylic acid groups (broad SMARTS) is 1. The Morgan fingerprint density at radius 3 is 2.57 bits per heavy atom. The molecule has 0 saturated heterocycles. The number of benzene rings is 1. The molecule has 2 heterocycles. The van der Waals surface area contributed by atoms with Gasteiger partial charge in [-0.15, -0.1) is 0 Å². The molecule has 0 aliphatic carbocycles. The molecular formula is C21H25BrN4O4. The molecule has 2 N–H and O–H groups in total. The van der Waals surface area contributed by atoms with Crippen molar-refractivity contribution in [2.24, 2.45) is 7.05 Å². The molecule has 0 radical (unpaired) electrons. The number of halogens is 1.